The van der Waals surface area contributed by atoms with Gasteiger partial charge in [0.1, 0.15) is 23.1 Å². The number of fused-ring (bicyclic) bond motifs is 3. The fraction of sp³-hybridized carbons (Fsp3) is 0.0769. The van der Waals surface area contributed by atoms with Gasteiger partial charge >= 0.3 is 0 Å². The second kappa shape index (κ2) is 11.0. The van der Waals surface area contributed by atoms with Crippen molar-refractivity contribution in [1.82, 2.24) is 0 Å². The Bertz CT molecular complexity index is 1880. The van der Waals surface area contributed by atoms with Crippen LogP contribution in [0.5, 0.6) is 11.5 Å². The molecule has 0 spiro atoms. The molecule has 0 N–H and O–H groups in total. The lowest BCUT2D eigenvalue weighted by atomic mass is 9.67. The van der Waals surface area contributed by atoms with Crippen molar-refractivity contribution in [3.8, 4) is 22.6 Å². The number of hydrogen-bond acceptors (Lipinski definition) is 3. The predicted molar refractivity (Wildman–Crippen MR) is 171 cm³/mol. The van der Waals surface area contributed by atoms with Gasteiger partial charge in [-0.05, 0) is 69.8 Å². The van der Waals surface area contributed by atoms with Crippen LogP contribution in [0, 0.1) is 11.6 Å². The highest BCUT2D eigenvalue weighted by Crippen LogP contribution is 2.57. The molecule has 0 saturated carbocycles. The fourth-order valence-corrected chi connectivity index (χ4v) is 6.65. The van der Waals surface area contributed by atoms with Crippen molar-refractivity contribution < 1.29 is 18.3 Å². The van der Waals surface area contributed by atoms with Crippen LogP contribution in [-0.2, 0) is 5.41 Å². The number of methoxy groups -OCH3 is 2. The van der Waals surface area contributed by atoms with Crippen LogP contribution in [0.15, 0.2) is 140 Å². The number of nitrogens with zero attached hydrogens (tertiary/aromatic N) is 1. The van der Waals surface area contributed by atoms with Gasteiger partial charge in [-0.2, -0.15) is 0 Å². The van der Waals surface area contributed by atoms with E-state index in [0.29, 0.717) is 22.9 Å². The summed E-state index contributed by atoms with van der Waals surface area (Å²) in [6.07, 6.45) is 0. The van der Waals surface area contributed by atoms with Crippen LogP contribution in [0.25, 0.3) is 11.1 Å². The third kappa shape index (κ3) is 4.23. The average Bonchev–Trinajstić information content (AvgIpc) is 3.37. The summed E-state index contributed by atoms with van der Waals surface area (Å²) in [4.78, 5) is 1.93. The monoisotopic (exact) mass is 581 g/mol. The van der Waals surface area contributed by atoms with Crippen LogP contribution < -0.4 is 14.4 Å². The van der Waals surface area contributed by atoms with Crippen molar-refractivity contribution in [3.05, 3.63) is 173 Å². The van der Waals surface area contributed by atoms with Gasteiger partial charge in [0, 0.05) is 17.8 Å². The molecule has 1 aliphatic rings. The molecule has 5 heteroatoms. The smallest absolute Gasteiger partial charge is 0.145 e. The summed E-state index contributed by atoms with van der Waals surface area (Å²) >= 11 is 0. The second-order valence-electron chi connectivity index (χ2n) is 10.7. The van der Waals surface area contributed by atoms with E-state index in [2.05, 4.69) is 84.9 Å². The lowest BCUT2D eigenvalue weighted by Crippen LogP contribution is -2.28. The van der Waals surface area contributed by atoms with Gasteiger partial charge in [0.05, 0.1) is 31.0 Å². The van der Waals surface area contributed by atoms with E-state index in [4.69, 9.17) is 9.47 Å². The minimum Gasteiger partial charge on any atom is -0.494 e. The Morgan fingerprint density at radius 2 is 1.00 bits per heavy atom. The largest absolute Gasteiger partial charge is 0.494 e. The van der Waals surface area contributed by atoms with E-state index in [-0.39, 0.29) is 0 Å². The molecule has 0 amide bonds. The summed E-state index contributed by atoms with van der Waals surface area (Å²) in [6, 6.07) is 44.8. The standard InChI is InChI=1S/C39H29F2NO2/c1-43-37-23-28(40)17-21-35(37)42(36-22-18-29(41)24-38(36)44-2)30-19-20-32-31-15-9-10-16-33(31)39(34(32)25-30,26-11-5-3-6-12-26)27-13-7-4-8-14-27/h3-25H,1-2H3. The lowest BCUT2D eigenvalue weighted by molar-refractivity contribution is 0.409. The summed E-state index contributed by atoms with van der Waals surface area (Å²) < 4.78 is 40.2. The Labute approximate surface area is 255 Å². The highest BCUT2D eigenvalue weighted by Gasteiger charge is 2.46. The Morgan fingerprint density at radius 1 is 0.500 bits per heavy atom. The summed E-state index contributed by atoms with van der Waals surface area (Å²) in [5.74, 6) is -0.184. The van der Waals surface area contributed by atoms with Crippen molar-refractivity contribution in [2.75, 3.05) is 19.1 Å². The van der Waals surface area contributed by atoms with Crippen LogP contribution in [-0.4, -0.2) is 14.2 Å². The number of anilines is 3. The van der Waals surface area contributed by atoms with E-state index in [9.17, 15) is 8.78 Å². The molecule has 0 saturated heterocycles. The Kier molecular flexibility index (Phi) is 6.86. The Balaban J connectivity index is 1.57. The fourth-order valence-electron chi connectivity index (χ4n) is 6.65. The van der Waals surface area contributed by atoms with E-state index < -0.39 is 17.0 Å². The van der Waals surface area contributed by atoms with Crippen LogP contribution in [0.2, 0.25) is 0 Å². The number of hydrogen-bond donors (Lipinski definition) is 0. The topological polar surface area (TPSA) is 21.7 Å². The third-order valence-electron chi connectivity index (χ3n) is 8.47. The first-order chi connectivity index (χ1) is 21.6. The van der Waals surface area contributed by atoms with E-state index in [0.717, 1.165) is 33.5 Å². The highest BCUT2D eigenvalue weighted by atomic mass is 19.1. The normalized spacial score (nSPS) is 12.7. The third-order valence-corrected chi connectivity index (χ3v) is 8.47. The summed E-state index contributed by atoms with van der Waals surface area (Å²) in [6.45, 7) is 0. The molecular weight excluding hydrogens is 552 g/mol. The molecule has 0 heterocycles. The summed E-state index contributed by atoms with van der Waals surface area (Å²) in [7, 11) is 3.01. The zero-order valence-corrected chi connectivity index (χ0v) is 24.3. The second-order valence-corrected chi connectivity index (χ2v) is 10.7. The molecule has 6 aromatic carbocycles. The molecule has 0 bridgehead atoms. The summed E-state index contributed by atoms with van der Waals surface area (Å²) in [5, 5.41) is 0. The molecule has 7 rings (SSSR count). The molecule has 44 heavy (non-hydrogen) atoms. The number of benzene rings is 6. The highest BCUT2D eigenvalue weighted by molar-refractivity contribution is 5.90. The molecule has 0 atom stereocenters. The van der Waals surface area contributed by atoms with E-state index in [1.54, 1.807) is 12.1 Å². The van der Waals surface area contributed by atoms with Gasteiger partial charge in [0.25, 0.3) is 0 Å². The van der Waals surface area contributed by atoms with Crippen LogP contribution >= 0.6 is 0 Å². The van der Waals surface area contributed by atoms with Gasteiger partial charge in [-0.25, -0.2) is 8.78 Å². The maximum Gasteiger partial charge on any atom is 0.145 e. The summed E-state index contributed by atoms with van der Waals surface area (Å²) in [5.41, 5.74) is 8.17. The molecule has 216 valence electrons. The SMILES string of the molecule is COc1cc(F)ccc1N(c1ccc2c(c1)C(c1ccccc1)(c1ccccc1)c1ccccc1-2)c1ccc(F)cc1OC. The van der Waals surface area contributed by atoms with E-state index in [1.165, 1.54) is 44.0 Å². The first kappa shape index (κ1) is 27.4. The van der Waals surface area contributed by atoms with Gasteiger partial charge in [-0.3, -0.25) is 0 Å². The first-order valence-corrected chi connectivity index (χ1v) is 14.4. The van der Waals surface area contributed by atoms with Crippen molar-refractivity contribution in [3.63, 3.8) is 0 Å². The molecule has 0 aliphatic heterocycles. The van der Waals surface area contributed by atoms with Crippen molar-refractivity contribution in [1.29, 1.82) is 0 Å². The van der Waals surface area contributed by atoms with E-state index >= 15 is 0 Å². The van der Waals surface area contributed by atoms with Gasteiger partial charge in [-0.1, -0.05) is 91.0 Å². The van der Waals surface area contributed by atoms with Crippen molar-refractivity contribution >= 4 is 17.1 Å². The number of rotatable bonds is 7. The minimum absolute atomic E-state index is 0.331. The zero-order valence-electron chi connectivity index (χ0n) is 24.3. The number of ether oxygens (including phenoxy) is 2. The number of halogens is 2. The molecule has 3 nitrogen and oxygen atoms in total. The van der Waals surface area contributed by atoms with Crippen LogP contribution in [0.1, 0.15) is 22.3 Å². The molecular formula is C39H29F2NO2. The maximum absolute atomic E-state index is 14.4. The van der Waals surface area contributed by atoms with Crippen LogP contribution in [0.4, 0.5) is 25.8 Å². The average molecular weight is 582 g/mol. The van der Waals surface area contributed by atoms with E-state index in [1.807, 2.05) is 23.1 Å². The molecule has 0 fully saturated rings. The van der Waals surface area contributed by atoms with Gasteiger partial charge in [0.15, 0.2) is 0 Å². The maximum atomic E-state index is 14.4. The van der Waals surface area contributed by atoms with Gasteiger partial charge in [-0.15, -0.1) is 0 Å². The predicted octanol–water partition coefficient (Wildman–Crippen LogP) is 9.81. The quantitative estimate of drug-likeness (QED) is 0.187. The first-order valence-electron chi connectivity index (χ1n) is 14.4. The molecule has 0 unspecified atom stereocenters. The zero-order chi connectivity index (χ0) is 30.3. The molecule has 0 radical (unpaired) electrons. The molecule has 6 aromatic rings. The Morgan fingerprint density at radius 3 is 1.55 bits per heavy atom. The Hall–Kier alpha value is -5.42. The molecule has 1 aliphatic carbocycles. The van der Waals surface area contributed by atoms with Crippen molar-refractivity contribution in [2.24, 2.45) is 0 Å². The minimum atomic E-state index is -0.615. The molecule has 0 aromatic heterocycles. The van der Waals surface area contributed by atoms with Gasteiger partial charge < -0.3 is 14.4 Å². The van der Waals surface area contributed by atoms with Crippen LogP contribution in [0.3, 0.4) is 0 Å². The van der Waals surface area contributed by atoms with Crippen molar-refractivity contribution in [2.45, 2.75) is 5.41 Å². The lowest BCUT2D eigenvalue weighted by Gasteiger charge is -2.35. The van der Waals surface area contributed by atoms with Gasteiger partial charge in [0.2, 0.25) is 0 Å².